The molecule has 0 N–H and O–H groups in total. The van der Waals surface area contributed by atoms with E-state index in [9.17, 15) is 19.2 Å². The summed E-state index contributed by atoms with van der Waals surface area (Å²) < 4.78 is 8.83. The molecule has 8 nitrogen and oxygen atoms in total. The molecule has 124 valence electrons. The van der Waals surface area contributed by atoms with Crippen molar-refractivity contribution in [3.63, 3.8) is 0 Å². The molecule has 1 amide bonds. The number of Topliss-reactive ketones (excluding diaryl/α,β-unsaturated/α-hetero) is 1. The van der Waals surface area contributed by atoms with Crippen LogP contribution in [-0.2, 0) is 35.2 Å². The second-order valence-electron chi connectivity index (χ2n) is 4.39. The quantitative estimate of drug-likeness (QED) is 0.312. The number of carbonyl (C=O) groups excluding carboxylic acids is 4. The minimum absolute atomic E-state index is 0.0469. The standard InChI is InChI=1S/C15H17NO7/c1-21-14(19)11-6-4-10(5-7-11)9-16(23-3)13(18)8-12(17)15(20)22-2/h4-7H,8-9H2,1-3H3. The van der Waals surface area contributed by atoms with Crippen LogP contribution in [-0.4, -0.2) is 50.0 Å². The SMILES string of the molecule is COC(=O)C(=O)CC(=O)N(Cc1ccc(C(=O)OC)cc1)OC. The Kier molecular flexibility index (Phi) is 6.88. The summed E-state index contributed by atoms with van der Waals surface area (Å²) in [5.41, 5.74) is 1.03. The number of ether oxygens (including phenoxy) is 2. The number of hydroxylamine groups is 2. The van der Waals surface area contributed by atoms with Crippen molar-refractivity contribution >= 4 is 23.6 Å². The monoisotopic (exact) mass is 323 g/mol. The summed E-state index contributed by atoms with van der Waals surface area (Å²) in [7, 11) is 3.60. The maximum atomic E-state index is 11.9. The molecule has 8 heteroatoms. The Morgan fingerprint density at radius 3 is 2.04 bits per heavy atom. The van der Waals surface area contributed by atoms with Gasteiger partial charge in [-0.15, -0.1) is 0 Å². The number of benzene rings is 1. The molecule has 0 aliphatic rings. The molecule has 0 saturated carbocycles. The third-order valence-electron chi connectivity index (χ3n) is 2.92. The summed E-state index contributed by atoms with van der Waals surface area (Å²) in [4.78, 5) is 50.6. The van der Waals surface area contributed by atoms with Crippen LogP contribution in [0.5, 0.6) is 0 Å². The Bertz CT molecular complexity index is 594. The molecule has 0 aromatic heterocycles. The molecule has 0 spiro atoms. The average molecular weight is 323 g/mol. The zero-order valence-corrected chi connectivity index (χ0v) is 13.0. The summed E-state index contributed by atoms with van der Waals surface area (Å²) in [6, 6.07) is 6.32. The van der Waals surface area contributed by atoms with Gasteiger partial charge in [-0.05, 0) is 17.7 Å². The van der Waals surface area contributed by atoms with Gasteiger partial charge in [0.25, 0.3) is 5.91 Å². The normalized spacial score (nSPS) is 9.87. The van der Waals surface area contributed by atoms with Gasteiger partial charge >= 0.3 is 11.9 Å². The van der Waals surface area contributed by atoms with Crippen LogP contribution in [0.1, 0.15) is 22.3 Å². The van der Waals surface area contributed by atoms with Crippen LogP contribution in [0.25, 0.3) is 0 Å². The Labute approximate surface area is 132 Å². The Morgan fingerprint density at radius 1 is 0.957 bits per heavy atom. The molecule has 0 aliphatic heterocycles. The first-order chi connectivity index (χ1) is 10.9. The molecule has 1 rings (SSSR count). The lowest BCUT2D eigenvalue weighted by Gasteiger charge is -2.19. The minimum Gasteiger partial charge on any atom is -0.465 e. The number of amides is 1. The molecule has 23 heavy (non-hydrogen) atoms. The van der Waals surface area contributed by atoms with Crippen LogP contribution in [0.3, 0.4) is 0 Å². The highest BCUT2D eigenvalue weighted by atomic mass is 16.7. The van der Waals surface area contributed by atoms with Crippen molar-refractivity contribution in [3.05, 3.63) is 35.4 Å². The number of rotatable bonds is 7. The summed E-state index contributed by atoms with van der Waals surface area (Å²) in [5, 5.41) is 0.938. The smallest absolute Gasteiger partial charge is 0.374 e. The molecular weight excluding hydrogens is 306 g/mol. The molecule has 0 radical (unpaired) electrons. The lowest BCUT2D eigenvalue weighted by molar-refractivity contribution is -0.180. The van der Waals surface area contributed by atoms with Gasteiger partial charge in [-0.2, -0.15) is 0 Å². The van der Waals surface area contributed by atoms with E-state index in [0.717, 1.165) is 12.2 Å². The second kappa shape index (κ2) is 8.64. The third kappa shape index (κ3) is 5.19. The summed E-state index contributed by atoms with van der Waals surface area (Å²) >= 11 is 0. The van der Waals surface area contributed by atoms with Gasteiger partial charge in [-0.25, -0.2) is 14.7 Å². The van der Waals surface area contributed by atoms with E-state index >= 15 is 0 Å². The predicted octanol–water partition coefficient (Wildman–Crippen LogP) is 0.495. The molecule has 0 unspecified atom stereocenters. The van der Waals surface area contributed by atoms with Gasteiger partial charge in [0.2, 0.25) is 5.78 Å². The number of nitrogens with zero attached hydrogens (tertiary/aromatic N) is 1. The van der Waals surface area contributed by atoms with Crippen molar-refractivity contribution < 1.29 is 33.5 Å². The summed E-state index contributed by atoms with van der Waals surface area (Å²) in [6.07, 6.45) is -0.652. The van der Waals surface area contributed by atoms with Crippen molar-refractivity contribution in [2.45, 2.75) is 13.0 Å². The molecular formula is C15H17NO7. The molecule has 1 aromatic rings. The summed E-state index contributed by atoms with van der Waals surface area (Å²) in [5.74, 6) is -3.20. The van der Waals surface area contributed by atoms with Gasteiger partial charge in [-0.3, -0.25) is 14.4 Å². The van der Waals surface area contributed by atoms with Crippen LogP contribution in [0.15, 0.2) is 24.3 Å². The second-order valence-corrected chi connectivity index (χ2v) is 4.39. The van der Waals surface area contributed by atoms with Gasteiger partial charge in [0.1, 0.15) is 0 Å². The highest BCUT2D eigenvalue weighted by Gasteiger charge is 2.23. The first-order valence-electron chi connectivity index (χ1n) is 6.55. The van der Waals surface area contributed by atoms with Crippen LogP contribution < -0.4 is 0 Å². The molecule has 0 fully saturated rings. The van der Waals surface area contributed by atoms with E-state index in [1.165, 1.54) is 14.2 Å². The molecule has 0 heterocycles. The fraction of sp³-hybridized carbons (Fsp3) is 0.333. The van der Waals surface area contributed by atoms with Gasteiger partial charge in [-0.1, -0.05) is 12.1 Å². The number of hydrogen-bond donors (Lipinski definition) is 0. The fourth-order valence-electron chi connectivity index (χ4n) is 1.70. The van der Waals surface area contributed by atoms with Crippen LogP contribution in [0.2, 0.25) is 0 Å². The van der Waals surface area contributed by atoms with Crippen LogP contribution in [0.4, 0.5) is 0 Å². The summed E-state index contributed by atoms with van der Waals surface area (Å²) in [6.45, 7) is 0.0469. The van der Waals surface area contributed by atoms with Crippen molar-refractivity contribution in [2.24, 2.45) is 0 Å². The maximum absolute atomic E-state index is 11.9. The molecule has 0 aliphatic carbocycles. The van der Waals surface area contributed by atoms with E-state index < -0.39 is 30.0 Å². The van der Waals surface area contributed by atoms with Crippen LogP contribution in [0, 0.1) is 0 Å². The highest BCUT2D eigenvalue weighted by Crippen LogP contribution is 2.10. The van der Waals surface area contributed by atoms with Gasteiger partial charge < -0.3 is 9.47 Å². The highest BCUT2D eigenvalue weighted by molar-refractivity contribution is 6.36. The first kappa shape index (κ1) is 18.3. The van der Waals surface area contributed by atoms with E-state index in [2.05, 4.69) is 9.47 Å². The zero-order valence-electron chi connectivity index (χ0n) is 13.0. The van der Waals surface area contributed by atoms with Crippen LogP contribution >= 0.6 is 0 Å². The number of hydrogen-bond acceptors (Lipinski definition) is 7. The van der Waals surface area contributed by atoms with Crippen molar-refractivity contribution in [2.75, 3.05) is 21.3 Å². The van der Waals surface area contributed by atoms with E-state index in [1.807, 2.05) is 0 Å². The van der Waals surface area contributed by atoms with Gasteiger partial charge in [0.05, 0.1) is 39.9 Å². The molecule has 0 atom stereocenters. The number of esters is 2. The van der Waals surface area contributed by atoms with Gasteiger partial charge in [0, 0.05) is 0 Å². The maximum Gasteiger partial charge on any atom is 0.374 e. The van der Waals surface area contributed by atoms with E-state index in [0.29, 0.717) is 11.1 Å². The Balaban J connectivity index is 2.72. The number of ketones is 1. The van der Waals surface area contributed by atoms with E-state index in [1.54, 1.807) is 24.3 Å². The van der Waals surface area contributed by atoms with E-state index in [-0.39, 0.29) is 6.54 Å². The van der Waals surface area contributed by atoms with Crippen molar-refractivity contribution in [1.82, 2.24) is 5.06 Å². The molecule has 0 bridgehead atoms. The number of carbonyl (C=O) groups is 4. The predicted molar refractivity (Wildman–Crippen MR) is 77.0 cm³/mol. The minimum atomic E-state index is -1.09. The third-order valence-corrected chi connectivity index (χ3v) is 2.92. The molecule has 0 saturated heterocycles. The Morgan fingerprint density at radius 2 is 1.57 bits per heavy atom. The first-order valence-corrected chi connectivity index (χ1v) is 6.55. The topological polar surface area (TPSA) is 99.2 Å². The number of methoxy groups -OCH3 is 2. The zero-order chi connectivity index (χ0) is 17.4. The average Bonchev–Trinajstić information content (AvgIpc) is 2.58. The Hall–Kier alpha value is -2.74. The fourth-order valence-corrected chi connectivity index (χ4v) is 1.70. The van der Waals surface area contributed by atoms with Crippen molar-refractivity contribution in [1.29, 1.82) is 0 Å². The molecule has 1 aromatic carbocycles. The van der Waals surface area contributed by atoms with Crippen molar-refractivity contribution in [3.8, 4) is 0 Å². The lowest BCUT2D eigenvalue weighted by atomic mass is 10.1. The lowest BCUT2D eigenvalue weighted by Crippen LogP contribution is -2.33. The van der Waals surface area contributed by atoms with E-state index in [4.69, 9.17) is 4.84 Å². The largest absolute Gasteiger partial charge is 0.465 e. The van der Waals surface area contributed by atoms with Gasteiger partial charge in [0.15, 0.2) is 0 Å².